The second-order valence-electron chi connectivity index (χ2n) is 2.00. The van der Waals surface area contributed by atoms with Gasteiger partial charge in [0.1, 0.15) is 15.6 Å². The van der Waals surface area contributed by atoms with Crippen LogP contribution >= 0.6 is 24.0 Å². The molecule has 2 N–H and O–H groups in total. The number of hydrogen-bond donors (Lipinski definition) is 1. The molecule has 0 aliphatic rings. The lowest BCUT2D eigenvalue weighted by Crippen LogP contribution is -2.20. The van der Waals surface area contributed by atoms with E-state index in [1.165, 1.54) is 11.8 Å². The number of thioether (sulfide) groups is 1. The van der Waals surface area contributed by atoms with Gasteiger partial charge in [0.05, 0.1) is 4.99 Å². The normalized spacial score (nSPS) is 9.00. The van der Waals surface area contributed by atoms with Gasteiger partial charge in [-0.2, -0.15) is 0 Å². The van der Waals surface area contributed by atoms with E-state index in [9.17, 15) is 4.21 Å². The summed E-state index contributed by atoms with van der Waals surface area (Å²) in [6.07, 6.45) is 0. The molecule has 11 heavy (non-hydrogen) atoms. The fourth-order valence-corrected chi connectivity index (χ4v) is 1.36. The Labute approximate surface area is 79.4 Å². The SMILES string of the molecule is CN(C)C(=S)SCC(N)=S=O. The van der Waals surface area contributed by atoms with E-state index in [4.69, 9.17) is 18.0 Å². The molecule has 0 bridgehead atoms. The molecule has 0 saturated heterocycles. The van der Waals surface area contributed by atoms with Crippen LogP contribution in [0.3, 0.4) is 0 Å². The first-order valence-corrected chi connectivity index (χ1v) is 4.96. The molecule has 0 amide bonds. The van der Waals surface area contributed by atoms with Crippen molar-refractivity contribution >= 4 is 44.5 Å². The van der Waals surface area contributed by atoms with E-state index < -0.39 is 0 Å². The zero-order valence-corrected chi connectivity index (χ0v) is 8.81. The van der Waals surface area contributed by atoms with Crippen molar-refractivity contribution in [2.75, 3.05) is 19.8 Å². The average molecular weight is 210 g/mol. The van der Waals surface area contributed by atoms with Gasteiger partial charge in [0.2, 0.25) is 0 Å². The van der Waals surface area contributed by atoms with E-state index in [0.29, 0.717) is 22.0 Å². The third kappa shape index (κ3) is 5.37. The average Bonchev–Trinajstić information content (AvgIpc) is 1.99. The summed E-state index contributed by atoms with van der Waals surface area (Å²) in [5.41, 5.74) is 5.29. The highest BCUT2D eigenvalue weighted by Crippen LogP contribution is 2.04. The molecular weight excluding hydrogens is 200 g/mol. The van der Waals surface area contributed by atoms with Crippen molar-refractivity contribution in [3.63, 3.8) is 0 Å². The first kappa shape index (κ1) is 11.1. The summed E-state index contributed by atoms with van der Waals surface area (Å²) in [6, 6.07) is 0. The highest BCUT2D eigenvalue weighted by Gasteiger charge is 2.00. The number of nitrogens with zero attached hydrogens (tertiary/aromatic N) is 1. The van der Waals surface area contributed by atoms with Gasteiger partial charge in [-0.05, 0) is 0 Å². The Hall–Kier alpha value is 0.0900. The Morgan fingerprint density at radius 3 is 2.55 bits per heavy atom. The van der Waals surface area contributed by atoms with Crippen molar-refractivity contribution in [2.24, 2.45) is 5.73 Å². The molecule has 0 atom stereocenters. The molecule has 0 spiro atoms. The van der Waals surface area contributed by atoms with Gasteiger partial charge in [-0.1, -0.05) is 24.0 Å². The highest BCUT2D eigenvalue weighted by atomic mass is 32.2. The fraction of sp³-hybridized carbons (Fsp3) is 0.600. The molecule has 0 aliphatic heterocycles. The van der Waals surface area contributed by atoms with Crippen LogP contribution in [-0.4, -0.2) is 38.3 Å². The molecule has 0 unspecified atom stereocenters. The third-order valence-corrected chi connectivity index (χ3v) is 3.14. The lowest BCUT2D eigenvalue weighted by molar-refractivity contribution is 0.648. The highest BCUT2D eigenvalue weighted by molar-refractivity contribution is 8.23. The second kappa shape index (κ2) is 5.70. The maximum Gasteiger partial charge on any atom is 0.136 e. The Kier molecular flexibility index (Phi) is 5.75. The second-order valence-corrected chi connectivity index (χ2v) is 4.30. The predicted octanol–water partition coefficient (Wildman–Crippen LogP) is -0.132. The number of thiocarbonyl (C=S) groups is 1. The number of hydrogen-bond acceptors (Lipinski definition) is 3. The van der Waals surface area contributed by atoms with Crippen LogP contribution in [0.4, 0.5) is 0 Å². The quantitative estimate of drug-likeness (QED) is 0.643. The molecule has 0 saturated carbocycles. The van der Waals surface area contributed by atoms with E-state index in [1.807, 2.05) is 19.0 Å². The van der Waals surface area contributed by atoms with E-state index in [1.54, 1.807) is 0 Å². The van der Waals surface area contributed by atoms with Gasteiger partial charge in [0.25, 0.3) is 0 Å². The summed E-state index contributed by atoms with van der Waals surface area (Å²) in [7, 11) is 3.71. The molecule has 0 aliphatic carbocycles. The standard InChI is InChI=1S/C5H10N2OS3/c1-7(2)5(9)10-3-4(6)11-8/h3,6H2,1-2H3. The Morgan fingerprint density at radius 2 is 2.18 bits per heavy atom. The van der Waals surface area contributed by atoms with Crippen LogP contribution < -0.4 is 5.73 Å². The molecule has 0 radical (unpaired) electrons. The Bertz CT molecular complexity index is 198. The Morgan fingerprint density at radius 1 is 1.64 bits per heavy atom. The van der Waals surface area contributed by atoms with Crippen molar-refractivity contribution in [2.45, 2.75) is 0 Å². The van der Waals surface area contributed by atoms with Crippen LogP contribution in [0.2, 0.25) is 0 Å². The van der Waals surface area contributed by atoms with Crippen molar-refractivity contribution in [1.29, 1.82) is 0 Å². The van der Waals surface area contributed by atoms with E-state index in [2.05, 4.69) is 0 Å². The number of rotatable bonds is 2. The van der Waals surface area contributed by atoms with Crippen molar-refractivity contribution in [3.8, 4) is 0 Å². The summed E-state index contributed by atoms with van der Waals surface area (Å²) in [5.74, 6) is 0.491. The lowest BCUT2D eigenvalue weighted by atomic mass is 10.8. The van der Waals surface area contributed by atoms with Crippen LogP contribution in [0.25, 0.3) is 0 Å². The molecule has 3 nitrogen and oxygen atoms in total. The van der Waals surface area contributed by atoms with E-state index in [-0.39, 0.29) is 0 Å². The minimum absolute atomic E-state index is 0.324. The first-order chi connectivity index (χ1) is 5.07. The molecule has 0 heterocycles. The summed E-state index contributed by atoms with van der Waals surface area (Å²) >= 11 is 6.67. The molecule has 6 heteroatoms. The molecule has 0 aromatic heterocycles. The summed E-state index contributed by atoms with van der Waals surface area (Å²) in [5, 5.41) is 0. The Balaban J connectivity index is 3.72. The van der Waals surface area contributed by atoms with Crippen LogP contribution in [0, 0.1) is 0 Å². The summed E-state index contributed by atoms with van der Waals surface area (Å²) in [6.45, 7) is 0. The summed E-state index contributed by atoms with van der Waals surface area (Å²) in [4.78, 5) is 2.17. The number of nitrogens with two attached hydrogens (primary N) is 1. The van der Waals surface area contributed by atoms with Crippen molar-refractivity contribution in [3.05, 3.63) is 0 Å². The smallest absolute Gasteiger partial charge is 0.136 e. The van der Waals surface area contributed by atoms with Crippen molar-refractivity contribution in [1.82, 2.24) is 4.90 Å². The summed E-state index contributed by atoms with van der Waals surface area (Å²) < 4.78 is 10.8. The van der Waals surface area contributed by atoms with E-state index >= 15 is 0 Å². The van der Waals surface area contributed by atoms with Gasteiger partial charge in [0.15, 0.2) is 0 Å². The lowest BCUT2D eigenvalue weighted by Gasteiger charge is -2.11. The minimum atomic E-state index is 0.324. The predicted molar refractivity (Wildman–Crippen MR) is 56.1 cm³/mol. The fourth-order valence-electron chi connectivity index (χ4n) is 0.286. The van der Waals surface area contributed by atoms with Gasteiger partial charge in [-0.25, -0.2) is 4.21 Å². The van der Waals surface area contributed by atoms with Crippen LogP contribution in [-0.2, 0) is 11.3 Å². The maximum atomic E-state index is 10.1. The van der Waals surface area contributed by atoms with Gasteiger partial charge in [0, 0.05) is 19.8 Å². The first-order valence-electron chi connectivity index (χ1n) is 2.83. The zero-order valence-electron chi connectivity index (χ0n) is 6.36. The van der Waals surface area contributed by atoms with Gasteiger partial charge in [-0.15, -0.1) is 0 Å². The third-order valence-electron chi connectivity index (χ3n) is 0.810. The van der Waals surface area contributed by atoms with Crippen LogP contribution in [0.1, 0.15) is 0 Å². The topological polar surface area (TPSA) is 46.3 Å². The van der Waals surface area contributed by atoms with Gasteiger partial charge < -0.3 is 4.90 Å². The minimum Gasteiger partial charge on any atom is -0.364 e. The molecule has 0 aromatic carbocycles. The zero-order chi connectivity index (χ0) is 8.85. The van der Waals surface area contributed by atoms with Crippen molar-refractivity contribution < 1.29 is 4.21 Å². The van der Waals surface area contributed by atoms with Crippen LogP contribution in [0.5, 0.6) is 0 Å². The van der Waals surface area contributed by atoms with E-state index in [0.717, 1.165) is 4.32 Å². The molecule has 0 aromatic rings. The van der Waals surface area contributed by atoms with Gasteiger partial charge >= 0.3 is 0 Å². The molecule has 0 rings (SSSR count). The monoisotopic (exact) mass is 210 g/mol. The molecular formula is C5H10N2OS3. The van der Waals surface area contributed by atoms with Crippen LogP contribution in [0.15, 0.2) is 0 Å². The maximum absolute atomic E-state index is 10.1. The largest absolute Gasteiger partial charge is 0.364 e. The molecule has 64 valence electrons. The molecule has 0 fully saturated rings. The van der Waals surface area contributed by atoms with Gasteiger partial charge in [-0.3, -0.25) is 5.73 Å².